The summed E-state index contributed by atoms with van der Waals surface area (Å²) in [4.78, 5) is 36.4. The molecule has 1 aliphatic heterocycles. The Kier molecular flexibility index (Phi) is 5.75. The number of anilines is 2. The van der Waals surface area contributed by atoms with Crippen molar-refractivity contribution in [2.75, 3.05) is 23.4 Å². The molecule has 0 saturated carbocycles. The fraction of sp³-hybridized carbons (Fsp3) is 0.211. The van der Waals surface area contributed by atoms with Crippen molar-refractivity contribution in [1.29, 1.82) is 0 Å². The van der Waals surface area contributed by atoms with Crippen molar-refractivity contribution in [3.8, 4) is 5.75 Å². The number of halogens is 1. The minimum absolute atomic E-state index is 0.00378. The minimum atomic E-state index is -0.970. The summed E-state index contributed by atoms with van der Waals surface area (Å²) in [6.07, 6.45) is 0.00378. The van der Waals surface area contributed by atoms with E-state index >= 15 is 0 Å². The predicted molar refractivity (Wildman–Crippen MR) is 103 cm³/mol. The highest BCUT2D eigenvalue weighted by Gasteiger charge is 2.34. The van der Waals surface area contributed by atoms with E-state index in [4.69, 9.17) is 9.84 Å². The summed E-state index contributed by atoms with van der Waals surface area (Å²) in [5.74, 6) is -1.69. The summed E-state index contributed by atoms with van der Waals surface area (Å²) in [5.41, 5.74) is 1.28. The molecule has 1 fully saturated rings. The van der Waals surface area contributed by atoms with Crippen LogP contribution in [0.1, 0.15) is 6.42 Å². The molecule has 27 heavy (non-hydrogen) atoms. The molecule has 1 aliphatic rings. The molecule has 0 bridgehead atoms. The van der Waals surface area contributed by atoms with Crippen LogP contribution in [0, 0.1) is 5.92 Å². The molecular weight excluding hydrogens is 416 g/mol. The molecule has 0 radical (unpaired) electrons. The number of carboxylic acid groups (broad SMARTS) is 1. The average molecular weight is 433 g/mol. The molecule has 0 spiro atoms. The number of amides is 2. The lowest BCUT2D eigenvalue weighted by Gasteiger charge is -2.16. The zero-order chi connectivity index (χ0) is 19.4. The van der Waals surface area contributed by atoms with Crippen LogP contribution in [-0.2, 0) is 14.4 Å². The molecule has 1 atom stereocenters. The van der Waals surface area contributed by atoms with Gasteiger partial charge in [-0.25, -0.2) is 0 Å². The maximum atomic E-state index is 12.0. The molecule has 140 valence electrons. The molecule has 0 aromatic heterocycles. The summed E-state index contributed by atoms with van der Waals surface area (Å²) >= 11 is 3.33. The summed E-state index contributed by atoms with van der Waals surface area (Å²) < 4.78 is 6.37. The average Bonchev–Trinajstić information content (AvgIpc) is 3.04. The van der Waals surface area contributed by atoms with E-state index in [2.05, 4.69) is 21.2 Å². The van der Waals surface area contributed by atoms with E-state index in [1.165, 1.54) is 4.90 Å². The van der Waals surface area contributed by atoms with Crippen LogP contribution in [0.25, 0.3) is 0 Å². The molecule has 1 heterocycles. The number of carbonyl (C=O) groups excluding carboxylic acids is 2. The Morgan fingerprint density at radius 2 is 1.81 bits per heavy atom. The fourth-order valence-electron chi connectivity index (χ4n) is 2.72. The molecule has 2 amide bonds. The number of hydrogen-bond donors (Lipinski definition) is 2. The van der Waals surface area contributed by atoms with Gasteiger partial charge in [-0.15, -0.1) is 0 Å². The summed E-state index contributed by atoms with van der Waals surface area (Å²) in [6.45, 7) is 0.00309. The highest BCUT2D eigenvalue weighted by Crippen LogP contribution is 2.27. The van der Waals surface area contributed by atoms with Gasteiger partial charge in [0.15, 0.2) is 6.61 Å². The minimum Gasteiger partial charge on any atom is -0.484 e. The van der Waals surface area contributed by atoms with Gasteiger partial charge in [-0.05, 0) is 48.5 Å². The third-order valence-corrected chi connectivity index (χ3v) is 4.65. The van der Waals surface area contributed by atoms with Crippen molar-refractivity contribution >= 4 is 45.1 Å². The molecule has 1 saturated heterocycles. The molecule has 0 unspecified atom stereocenters. The van der Waals surface area contributed by atoms with Crippen LogP contribution in [0.2, 0.25) is 0 Å². The van der Waals surface area contributed by atoms with E-state index in [-0.39, 0.29) is 31.4 Å². The fourth-order valence-corrected chi connectivity index (χ4v) is 2.99. The summed E-state index contributed by atoms with van der Waals surface area (Å²) in [6, 6.07) is 13.8. The Hall–Kier alpha value is -2.87. The van der Waals surface area contributed by atoms with Crippen molar-refractivity contribution in [2.24, 2.45) is 5.92 Å². The number of rotatable bonds is 6. The topological polar surface area (TPSA) is 95.9 Å². The highest BCUT2D eigenvalue weighted by molar-refractivity contribution is 9.10. The normalized spacial score (nSPS) is 16.3. The number of ether oxygens (including phenoxy) is 1. The standard InChI is InChI=1S/C19H17BrN2O5/c20-13-1-3-14(4-2-13)21-17(23)11-27-16-7-5-15(6-8-16)22-10-12(19(25)26)9-18(22)24/h1-8,12H,9-11H2,(H,21,23)(H,25,26)/t12-/m1/s1. The van der Waals surface area contributed by atoms with Gasteiger partial charge in [0, 0.05) is 28.8 Å². The lowest BCUT2D eigenvalue weighted by molar-refractivity contribution is -0.141. The van der Waals surface area contributed by atoms with Crippen molar-refractivity contribution in [3.05, 3.63) is 53.0 Å². The van der Waals surface area contributed by atoms with E-state index in [1.807, 2.05) is 12.1 Å². The number of aliphatic carboxylic acids is 1. The maximum Gasteiger partial charge on any atom is 0.308 e. The zero-order valence-corrected chi connectivity index (χ0v) is 15.8. The van der Waals surface area contributed by atoms with Crippen LogP contribution < -0.4 is 15.0 Å². The van der Waals surface area contributed by atoms with Crippen molar-refractivity contribution in [2.45, 2.75) is 6.42 Å². The summed E-state index contributed by atoms with van der Waals surface area (Å²) in [7, 11) is 0. The van der Waals surface area contributed by atoms with Gasteiger partial charge in [0.2, 0.25) is 5.91 Å². The van der Waals surface area contributed by atoms with Gasteiger partial charge in [-0.2, -0.15) is 0 Å². The van der Waals surface area contributed by atoms with E-state index in [0.29, 0.717) is 17.1 Å². The van der Waals surface area contributed by atoms with Gasteiger partial charge >= 0.3 is 5.97 Å². The first-order chi connectivity index (χ1) is 12.9. The maximum absolute atomic E-state index is 12.0. The monoisotopic (exact) mass is 432 g/mol. The zero-order valence-electron chi connectivity index (χ0n) is 14.2. The first-order valence-corrected chi connectivity index (χ1v) is 9.03. The predicted octanol–water partition coefficient (Wildman–Crippen LogP) is 2.90. The number of carbonyl (C=O) groups is 3. The molecule has 2 aromatic carbocycles. The largest absolute Gasteiger partial charge is 0.484 e. The first kappa shape index (κ1) is 18.9. The molecule has 2 N–H and O–H groups in total. The van der Waals surface area contributed by atoms with E-state index in [1.54, 1.807) is 36.4 Å². The molecule has 0 aliphatic carbocycles. The first-order valence-electron chi connectivity index (χ1n) is 8.24. The Morgan fingerprint density at radius 1 is 1.15 bits per heavy atom. The molecular formula is C19H17BrN2O5. The SMILES string of the molecule is O=C(COc1ccc(N2C[C@H](C(=O)O)CC2=O)cc1)Nc1ccc(Br)cc1. The second kappa shape index (κ2) is 8.22. The molecule has 7 nitrogen and oxygen atoms in total. The van der Waals surface area contributed by atoms with Crippen LogP contribution in [0.4, 0.5) is 11.4 Å². The Labute approximate surface area is 164 Å². The number of carboxylic acids is 1. The van der Waals surface area contributed by atoms with Crippen molar-refractivity contribution in [3.63, 3.8) is 0 Å². The lowest BCUT2D eigenvalue weighted by Crippen LogP contribution is -2.25. The van der Waals surface area contributed by atoms with Gasteiger partial charge in [0.25, 0.3) is 5.91 Å². The summed E-state index contributed by atoms with van der Waals surface area (Å²) in [5, 5.41) is 11.8. The van der Waals surface area contributed by atoms with Gasteiger partial charge in [-0.1, -0.05) is 15.9 Å². The quantitative estimate of drug-likeness (QED) is 0.731. The molecule has 3 rings (SSSR count). The Balaban J connectivity index is 1.53. The van der Waals surface area contributed by atoms with Crippen LogP contribution in [-0.4, -0.2) is 36.0 Å². The van der Waals surface area contributed by atoms with Gasteiger partial charge < -0.3 is 20.1 Å². The third kappa shape index (κ3) is 4.85. The van der Waals surface area contributed by atoms with Gasteiger partial charge in [-0.3, -0.25) is 14.4 Å². The van der Waals surface area contributed by atoms with Crippen molar-refractivity contribution < 1.29 is 24.2 Å². The third-order valence-electron chi connectivity index (χ3n) is 4.12. The number of nitrogens with one attached hydrogen (secondary N) is 1. The van der Waals surface area contributed by atoms with Crippen LogP contribution in [0.15, 0.2) is 53.0 Å². The van der Waals surface area contributed by atoms with Gasteiger partial charge in [0.1, 0.15) is 5.75 Å². The number of benzene rings is 2. The second-order valence-corrected chi connectivity index (χ2v) is 7.00. The van der Waals surface area contributed by atoms with E-state index in [0.717, 1.165) is 4.47 Å². The molecule has 8 heteroatoms. The Morgan fingerprint density at radius 3 is 2.41 bits per heavy atom. The number of hydrogen-bond acceptors (Lipinski definition) is 4. The van der Waals surface area contributed by atoms with Crippen LogP contribution in [0.5, 0.6) is 5.75 Å². The lowest BCUT2D eigenvalue weighted by atomic mass is 10.1. The Bertz CT molecular complexity index is 851. The highest BCUT2D eigenvalue weighted by atomic mass is 79.9. The number of nitrogens with zero attached hydrogens (tertiary/aromatic N) is 1. The molecule has 2 aromatic rings. The van der Waals surface area contributed by atoms with E-state index < -0.39 is 11.9 Å². The van der Waals surface area contributed by atoms with E-state index in [9.17, 15) is 14.4 Å². The van der Waals surface area contributed by atoms with Crippen LogP contribution >= 0.6 is 15.9 Å². The van der Waals surface area contributed by atoms with Crippen LogP contribution in [0.3, 0.4) is 0 Å². The second-order valence-electron chi connectivity index (χ2n) is 6.08. The smallest absolute Gasteiger partial charge is 0.308 e. The van der Waals surface area contributed by atoms with Gasteiger partial charge in [0.05, 0.1) is 5.92 Å². The van der Waals surface area contributed by atoms with Crippen molar-refractivity contribution in [1.82, 2.24) is 0 Å².